The van der Waals surface area contributed by atoms with Gasteiger partial charge in [0.15, 0.2) is 5.13 Å². The zero-order valence-electron chi connectivity index (χ0n) is 19.8. The second kappa shape index (κ2) is 10.3. The predicted molar refractivity (Wildman–Crippen MR) is 145 cm³/mol. The molecule has 6 nitrogen and oxygen atoms in total. The third kappa shape index (κ3) is 5.04. The van der Waals surface area contributed by atoms with Crippen molar-refractivity contribution >= 4 is 54.2 Å². The molecule has 186 valence electrons. The molecule has 0 spiro atoms. The Morgan fingerprint density at radius 3 is 2.39 bits per heavy atom. The van der Waals surface area contributed by atoms with E-state index in [0.717, 1.165) is 23.1 Å². The van der Waals surface area contributed by atoms with Crippen LogP contribution in [0.3, 0.4) is 0 Å². The summed E-state index contributed by atoms with van der Waals surface area (Å²) in [6, 6.07) is 21.5. The van der Waals surface area contributed by atoms with Gasteiger partial charge in [0, 0.05) is 18.7 Å². The van der Waals surface area contributed by atoms with Gasteiger partial charge in [0.1, 0.15) is 5.52 Å². The third-order valence-corrected chi connectivity index (χ3v) is 9.76. The van der Waals surface area contributed by atoms with Gasteiger partial charge in [0.05, 0.1) is 21.2 Å². The van der Waals surface area contributed by atoms with E-state index in [-0.39, 0.29) is 10.8 Å². The quantitative estimate of drug-likeness (QED) is 0.292. The first-order valence-electron chi connectivity index (χ1n) is 11.8. The summed E-state index contributed by atoms with van der Waals surface area (Å²) in [6.45, 7) is 3.51. The SMILES string of the molecule is CC1CCN(S(=O)(=O)c2ccc(C(=O)N(Cc3ccccc3)c3nc4c(Cl)cccc4s3)cc2)CC1. The number of rotatable bonds is 6. The smallest absolute Gasteiger partial charge is 0.260 e. The van der Waals surface area contributed by atoms with Gasteiger partial charge in [-0.3, -0.25) is 9.69 Å². The molecule has 0 atom stereocenters. The number of piperidine rings is 1. The van der Waals surface area contributed by atoms with Crippen molar-refractivity contribution in [1.29, 1.82) is 0 Å². The first-order valence-corrected chi connectivity index (χ1v) is 14.5. The summed E-state index contributed by atoms with van der Waals surface area (Å²) in [5, 5.41) is 1.06. The number of thiazole rings is 1. The number of sulfonamides is 1. The predicted octanol–water partition coefficient (Wildman–Crippen LogP) is 6.22. The Kier molecular flexibility index (Phi) is 7.12. The number of halogens is 1. The number of aromatic nitrogens is 1. The minimum atomic E-state index is -3.59. The van der Waals surface area contributed by atoms with Gasteiger partial charge in [-0.25, -0.2) is 13.4 Å². The molecule has 36 heavy (non-hydrogen) atoms. The van der Waals surface area contributed by atoms with E-state index in [2.05, 4.69) is 11.9 Å². The number of carbonyl (C=O) groups excluding carboxylic acids is 1. The number of benzene rings is 3. The summed E-state index contributed by atoms with van der Waals surface area (Å²) in [6.07, 6.45) is 1.72. The number of amides is 1. The van der Waals surface area contributed by atoms with E-state index < -0.39 is 10.0 Å². The number of hydrogen-bond acceptors (Lipinski definition) is 5. The van der Waals surface area contributed by atoms with Crippen molar-refractivity contribution in [1.82, 2.24) is 9.29 Å². The molecule has 0 unspecified atom stereocenters. The minimum absolute atomic E-state index is 0.204. The monoisotopic (exact) mass is 539 g/mol. The highest BCUT2D eigenvalue weighted by molar-refractivity contribution is 7.89. The molecule has 5 rings (SSSR count). The molecule has 1 aliphatic heterocycles. The van der Waals surface area contributed by atoms with Gasteiger partial charge in [0.2, 0.25) is 10.0 Å². The zero-order valence-corrected chi connectivity index (χ0v) is 22.2. The molecule has 1 saturated heterocycles. The van der Waals surface area contributed by atoms with Crippen molar-refractivity contribution in [2.45, 2.75) is 31.2 Å². The molecule has 3 aromatic carbocycles. The van der Waals surface area contributed by atoms with Crippen LogP contribution in [0.15, 0.2) is 77.7 Å². The van der Waals surface area contributed by atoms with Gasteiger partial charge in [-0.05, 0) is 60.7 Å². The van der Waals surface area contributed by atoms with Crippen LogP contribution >= 0.6 is 22.9 Å². The van der Waals surface area contributed by atoms with Crippen LogP contribution in [0.1, 0.15) is 35.7 Å². The molecule has 0 aliphatic carbocycles. The van der Waals surface area contributed by atoms with Crippen molar-refractivity contribution in [2.24, 2.45) is 5.92 Å². The van der Waals surface area contributed by atoms with Gasteiger partial charge in [-0.1, -0.05) is 66.3 Å². The van der Waals surface area contributed by atoms with Crippen molar-refractivity contribution < 1.29 is 13.2 Å². The normalized spacial score (nSPS) is 15.3. The Balaban J connectivity index is 1.45. The maximum atomic E-state index is 13.7. The Bertz CT molecular complexity index is 1480. The Labute approximate surface area is 220 Å². The highest BCUT2D eigenvalue weighted by Gasteiger charge is 2.29. The number of fused-ring (bicyclic) bond motifs is 1. The fourth-order valence-corrected chi connectivity index (χ4v) is 7.04. The lowest BCUT2D eigenvalue weighted by Gasteiger charge is -2.29. The van der Waals surface area contributed by atoms with Crippen molar-refractivity contribution in [3.63, 3.8) is 0 Å². The minimum Gasteiger partial charge on any atom is -0.279 e. The van der Waals surface area contributed by atoms with Crippen LogP contribution in [-0.4, -0.2) is 36.7 Å². The molecule has 0 bridgehead atoms. The summed E-state index contributed by atoms with van der Waals surface area (Å²) in [7, 11) is -3.59. The molecule has 0 saturated carbocycles. The number of nitrogens with zero attached hydrogens (tertiary/aromatic N) is 3. The molecule has 9 heteroatoms. The molecule has 0 radical (unpaired) electrons. The van der Waals surface area contributed by atoms with E-state index >= 15 is 0 Å². The van der Waals surface area contributed by atoms with E-state index in [9.17, 15) is 13.2 Å². The number of anilines is 1. The largest absolute Gasteiger partial charge is 0.279 e. The fraction of sp³-hybridized carbons (Fsp3) is 0.259. The second-order valence-electron chi connectivity index (χ2n) is 9.07. The van der Waals surface area contributed by atoms with Gasteiger partial charge in [-0.2, -0.15) is 4.31 Å². The first kappa shape index (κ1) is 24.9. The van der Waals surface area contributed by atoms with E-state index in [1.807, 2.05) is 42.5 Å². The van der Waals surface area contributed by atoms with E-state index in [0.29, 0.717) is 46.8 Å². The van der Waals surface area contributed by atoms with Gasteiger partial charge < -0.3 is 0 Å². The molecule has 1 amide bonds. The Morgan fingerprint density at radius 1 is 1.03 bits per heavy atom. The average molecular weight is 540 g/mol. The molecular weight excluding hydrogens is 514 g/mol. The lowest BCUT2D eigenvalue weighted by molar-refractivity contribution is 0.0985. The first-order chi connectivity index (χ1) is 17.3. The second-order valence-corrected chi connectivity index (χ2v) is 12.4. The van der Waals surface area contributed by atoms with Crippen LogP contribution in [0.5, 0.6) is 0 Å². The third-order valence-electron chi connectivity index (χ3n) is 6.50. The standard InChI is InChI=1S/C27H26ClN3O3S2/c1-19-14-16-30(17-15-19)36(33,34)22-12-10-21(11-13-22)26(32)31(18-20-6-3-2-4-7-20)27-29-25-23(28)8-5-9-24(25)35-27/h2-13,19H,14-18H2,1H3. The molecule has 1 aromatic heterocycles. The van der Waals surface area contributed by atoms with Crippen LogP contribution in [0.4, 0.5) is 5.13 Å². The molecule has 1 fully saturated rings. The topological polar surface area (TPSA) is 70.6 Å². The molecule has 4 aromatic rings. The van der Waals surface area contributed by atoms with E-state index in [1.165, 1.54) is 27.8 Å². The molecule has 1 aliphatic rings. The van der Waals surface area contributed by atoms with Crippen molar-refractivity contribution in [3.8, 4) is 0 Å². The zero-order chi connectivity index (χ0) is 25.3. The number of hydrogen-bond donors (Lipinski definition) is 0. The summed E-state index contributed by atoms with van der Waals surface area (Å²) < 4.78 is 28.7. The van der Waals surface area contributed by atoms with Gasteiger partial charge in [0.25, 0.3) is 5.91 Å². The summed E-state index contributed by atoms with van der Waals surface area (Å²) in [4.78, 5) is 20.2. The lowest BCUT2D eigenvalue weighted by atomic mass is 10.0. The van der Waals surface area contributed by atoms with E-state index in [1.54, 1.807) is 23.1 Å². The highest BCUT2D eigenvalue weighted by Crippen LogP contribution is 2.34. The maximum Gasteiger partial charge on any atom is 0.260 e. The fourth-order valence-electron chi connectivity index (χ4n) is 4.31. The molecule has 2 heterocycles. The Hall–Kier alpha value is -2.78. The Morgan fingerprint density at radius 2 is 1.72 bits per heavy atom. The van der Waals surface area contributed by atoms with E-state index in [4.69, 9.17) is 11.6 Å². The van der Waals surface area contributed by atoms with Crippen LogP contribution < -0.4 is 4.90 Å². The lowest BCUT2D eigenvalue weighted by Crippen LogP contribution is -2.37. The summed E-state index contributed by atoms with van der Waals surface area (Å²) in [5.41, 5.74) is 2.00. The van der Waals surface area contributed by atoms with Crippen molar-refractivity contribution in [3.05, 3.63) is 88.9 Å². The highest BCUT2D eigenvalue weighted by atomic mass is 35.5. The van der Waals surface area contributed by atoms with Crippen LogP contribution in [0.2, 0.25) is 5.02 Å². The number of carbonyl (C=O) groups is 1. The summed E-state index contributed by atoms with van der Waals surface area (Å²) in [5.74, 6) is 0.272. The van der Waals surface area contributed by atoms with Crippen LogP contribution in [-0.2, 0) is 16.6 Å². The average Bonchev–Trinajstić information content (AvgIpc) is 3.33. The van der Waals surface area contributed by atoms with Crippen LogP contribution in [0, 0.1) is 5.92 Å². The van der Waals surface area contributed by atoms with Gasteiger partial charge in [-0.15, -0.1) is 0 Å². The van der Waals surface area contributed by atoms with Crippen LogP contribution in [0.25, 0.3) is 10.2 Å². The summed E-state index contributed by atoms with van der Waals surface area (Å²) >= 11 is 7.74. The van der Waals surface area contributed by atoms with Gasteiger partial charge >= 0.3 is 0 Å². The molecular formula is C27H26ClN3O3S2. The number of para-hydroxylation sites is 1. The molecule has 0 N–H and O–H groups in total. The van der Waals surface area contributed by atoms with Crippen molar-refractivity contribution in [2.75, 3.05) is 18.0 Å². The maximum absolute atomic E-state index is 13.7.